The van der Waals surface area contributed by atoms with Crippen LogP contribution < -0.4 is 4.74 Å². The number of furan rings is 1. The van der Waals surface area contributed by atoms with Gasteiger partial charge in [0.1, 0.15) is 22.8 Å². The summed E-state index contributed by atoms with van der Waals surface area (Å²) in [5.41, 5.74) is 3.00. The molecule has 0 fully saturated rings. The largest absolute Gasteiger partial charge is 0.460 e. The van der Waals surface area contributed by atoms with Crippen LogP contribution in [0.3, 0.4) is 0 Å². The lowest BCUT2D eigenvalue weighted by Crippen LogP contribution is -2.10. The Labute approximate surface area is 135 Å². The summed E-state index contributed by atoms with van der Waals surface area (Å²) in [6.45, 7) is 0. The maximum atomic E-state index is 7.87. The molecule has 0 N–H and O–H groups in total. The molecule has 1 unspecified atom stereocenters. The van der Waals surface area contributed by atoms with Crippen molar-refractivity contribution in [3.8, 4) is 11.5 Å². The molecule has 1 atom stereocenters. The molecule has 0 spiro atoms. The maximum absolute atomic E-state index is 7.87. The van der Waals surface area contributed by atoms with Gasteiger partial charge in [-0.25, -0.2) is 0 Å². The molecule has 0 saturated heterocycles. The van der Waals surface area contributed by atoms with Crippen LogP contribution in [0, 0.1) is 0 Å². The second-order valence-corrected chi connectivity index (χ2v) is 5.72. The van der Waals surface area contributed by atoms with Crippen molar-refractivity contribution in [2.75, 3.05) is 0 Å². The van der Waals surface area contributed by atoms with Gasteiger partial charge in [-0.3, -0.25) is 0 Å². The maximum Gasteiger partial charge on any atom is 0.134 e. The van der Waals surface area contributed by atoms with E-state index in [9.17, 15) is 0 Å². The lowest BCUT2D eigenvalue weighted by molar-refractivity contribution is 0.438. The Morgan fingerprint density at radius 1 is 0.783 bits per heavy atom. The number of para-hydroxylation sites is 3. The van der Waals surface area contributed by atoms with Crippen molar-refractivity contribution in [3.05, 3.63) is 95.7 Å². The van der Waals surface area contributed by atoms with Crippen molar-refractivity contribution in [1.29, 1.82) is 0 Å². The first-order valence-electron chi connectivity index (χ1n) is 8.15. The number of rotatable bonds is 1. The number of fused-ring (bicyclic) bond motifs is 3. The fourth-order valence-electron chi connectivity index (χ4n) is 3.30. The van der Waals surface area contributed by atoms with Crippen LogP contribution >= 0.6 is 0 Å². The standard InChI is InChI=1S/C21H14O2/c1-4-10-17-14(7-1)13-20(22-17)21-15-8-2-5-11-18(15)23-19-12-6-3-9-16(19)21/h1-13,21H/i5D. The van der Waals surface area contributed by atoms with Gasteiger partial charge in [-0.1, -0.05) is 54.6 Å². The first kappa shape index (κ1) is 11.6. The summed E-state index contributed by atoms with van der Waals surface area (Å²) in [5.74, 6) is 2.41. The predicted molar refractivity (Wildman–Crippen MR) is 90.1 cm³/mol. The molecule has 1 aromatic heterocycles. The second kappa shape index (κ2) is 4.75. The van der Waals surface area contributed by atoms with Crippen LogP contribution in [0.15, 0.2) is 83.3 Å². The molecule has 0 aliphatic carbocycles. The van der Waals surface area contributed by atoms with Crippen LogP contribution in [0.5, 0.6) is 11.5 Å². The van der Waals surface area contributed by atoms with E-state index < -0.39 is 0 Å². The Hall–Kier alpha value is -3.00. The van der Waals surface area contributed by atoms with Crippen molar-refractivity contribution in [2.24, 2.45) is 0 Å². The first-order valence-corrected chi connectivity index (χ1v) is 7.65. The fraction of sp³-hybridized carbons (Fsp3) is 0.0476. The molecule has 0 saturated carbocycles. The van der Waals surface area contributed by atoms with E-state index in [1.165, 1.54) is 0 Å². The topological polar surface area (TPSA) is 22.4 Å². The molecule has 5 rings (SSSR count). The molecule has 1 aliphatic rings. The van der Waals surface area contributed by atoms with Crippen LogP contribution in [0.25, 0.3) is 11.0 Å². The Morgan fingerprint density at radius 2 is 1.52 bits per heavy atom. The minimum absolute atomic E-state index is 0.0297. The van der Waals surface area contributed by atoms with E-state index in [4.69, 9.17) is 10.5 Å². The van der Waals surface area contributed by atoms with Gasteiger partial charge in [0.25, 0.3) is 0 Å². The van der Waals surface area contributed by atoms with Gasteiger partial charge in [-0.2, -0.15) is 0 Å². The highest BCUT2D eigenvalue weighted by atomic mass is 16.5. The average molecular weight is 299 g/mol. The molecule has 2 nitrogen and oxygen atoms in total. The molecule has 1 aliphatic heterocycles. The third kappa shape index (κ3) is 1.88. The Bertz CT molecular complexity index is 1030. The third-order valence-corrected chi connectivity index (χ3v) is 4.35. The summed E-state index contributed by atoms with van der Waals surface area (Å²) in [7, 11) is 0. The van der Waals surface area contributed by atoms with Gasteiger partial charge < -0.3 is 9.15 Å². The Morgan fingerprint density at radius 3 is 2.43 bits per heavy atom. The highest BCUT2D eigenvalue weighted by Gasteiger charge is 2.30. The quantitative estimate of drug-likeness (QED) is 0.395. The number of ether oxygens (including phenoxy) is 1. The molecule has 3 aromatic carbocycles. The van der Waals surface area contributed by atoms with Gasteiger partial charge in [0.15, 0.2) is 0 Å². The van der Waals surface area contributed by atoms with Gasteiger partial charge in [0.05, 0.1) is 7.29 Å². The average Bonchev–Trinajstić information content (AvgIpc) is 3.03. The molecule has 110 valence electrons. The first-order chi connectivity index (χ1) is 11.8. The van der Waals surface area contributed by atoms with Crippen molar-refractivity contribution in [3.63, 3.8) is 0 Å². The van der Waals surface area contributed by atoms with Crippen molar-refractivity contribution >= 4 is 11.0 Å². The molecule has 0 amide bonds. The van der Waals surface area contributed by atoms with E-state index in [0.29, 0.717) is 6.04 Å². The lowest BCUT2D eigenvalue weighted by Gasteiger charge is -2.26. The molecule has 2 heteroatoms. The molecular formula is C21H14O2. The van der Waals surface area contributed by atoms with Gasteiger partial charge in [-0.15, -0.1) is 0 Å². The van der Waals surface area contributed by atoms with Gasteiger partial charge in [-0.05, 0) is 24.3 Å². The molecule has 23 heavy (non-hydrogen) atoms. The highest BCUT2D eigenvalue weighted by molar-refractivity contribution is 5.78. The van der Waals surface area contributed by atoms with Crippen molar-refractivity contribution in [2.45, 2.75) is 5.92 Å². The van der Waals surface area contributed by atoms with Crippen LogP contribution in [0.1, 0.15) is 24.2 Å². The Kier molecular flexibility index (Phi) is 2.39. The van der Waals surface area contributed by atoms with Crippen LogP contribution in [0.4, 0.5) is 0 Å². The van der Waals surface area contributed by atoms with Gasteiger partial charge in [0.2, 0.25) is 0 Å². The second-order valence-electron chi connectivity index (χ2n) is 5.72. The molecule has 0 bridgehead atoms. The van der Waals surface area contributed by atoms with Crippen LogP contribution in [-0.4, -0.2) is 0 Å². The summed E-state index contributed by atoms with van der Waals surface area (Å²) in [6, 6.07) is 24.1. The van der Waals surface area contributed by atoms with E-state index in [1.807, 2.05) is 42.5 Å². The monoisotopic (exact) mass is 299 g/mol. The smallest absolute Gasteiger partial charge is 0.134 e. The van der Waals surface area contributed by atoms with E-state index in [0.717, 1.165) is 39.4 Å². The van der Waals surface area contributed by atoms with Crippen LogP contribution in [0.2, 0.25) is 0 Å². The van der Waals surface area contributed by atoms with Gasteiger partial charge in [0, 0.05) is 16.5 Å². The fourth-order valence-corrected chi connectivity index (χ4v) is 3.30. The zero-order valence-corrected chi connectivity index (χ0v) is 12.3. The van der Waals surface area contributed by atoms with E-state index >= 15 is 0 Å². The molecule has 2 heterocycles. The van der Waals surface area contributed by atoms with E-state index in [1.54, 1.807) is 12.1 Å². The number of hydrogen-bond donors (Lipinski definition) is 0. The summed E-state index contributed by atoms with van der Waals surface area (Å²) in [5, 5.41) is 1.09. The predicted octanol–water partition coefficient (Wildman–Crippen LogP) is 5.72. The minimum Gasteiger partial charge on any atom is -0.460 e. The van der Waals surface area contributed by atoms with Crippen LogP contribution in [-0.2, 0) is 0 Å². The number of benzene rings is 3. The van der Waals surface area contributed by atoms with Crippen molar-refractivity contribution < 1.29 is 10.5 Å². The van der Waals surface area contributed by atoms with Crippen molar-refractivity contribution in [1.82, 2.24) is 0 Å². The number of hydrogen-bond acceptors (Lipinski definition) is 2. The normalized spacial score (nSPS) is 16.3. The summed E-state index contributed by atoms with van der Waals surface area (Å²) >= 11 is 0. The zero-order chi connectivity index (χ0) is 16.1. The third-order valence-electron chi connectivity index (χ3n) is 4.35. The molecular weight excluding hydrogens is 284 g/mol. The zero-order valence-electron chi connectivity index (χ0n) is 13.3. The molecule has 0 radical (unpaired) electrons. The van der Waals surface area contributed by atoms with Gasteiger partial charge >= 0.3 is 0 Å². The Balaban J connectivity index is 1.78. The minimum atomic E-state index is -0.0297. The summed E-state index contributed by atoms with van der Waals surface area (Å²) in [4.78, 5) is 0. The lowest BCUT2D eigenvalue weighted by atomic mass is 9.86. The SMILES string of the molecule is [2H]c1ccc2c(c1)Oc1ccccc1C2c1cc2ccccc2o1. The molecule has 4 aromatic rings. The van der Waals surface area contributed by atoms with E-state index in [2.05, 4.69) is 18.2 Å². The highest BCUT2D eigenvalue weighted by Crippen LogP contribution is 2.47. The van der Waals surface area contributed by atoms with E-state index in [-0.39, 0.29) is 5.92 Å². The summed E-state index contributed by atoms with van der Waals surface area (Å²) < 4.78 is 20.0. The summed E-state index contributed by atoms with van der Waals surface area (Å²) in [6.07, 6.45) is 0.